The summed E-state index contributed by atoms with van der Waals surface area (Å²) in [5.74, 6) is 0.870. The predicted molar refractivity (Wildman–Crippen MR) is 68.6 cm³/mol. The largest absolute Gasteiger partial charge is 0.491 e. The molecule has 0 aliphatic heterocycles. The first-order chi connectivity index (χ1) is 8.13. The van der Waals surface area contributed by atoms with Gasteiger partial charge in [-0.25, -0.2) is 0 Å². The van der Waals surface area contributed by atoms with Crippen LogP contribution in [0.3, 0.4) is 0 Å². The van der Waals surface area contributed by atoms with Crippen molar-refractivity contribution in [2.75, 3.05) is 20.3 Å². The lowest BCUT2D eigenvalue weighted by Gasteiger charge is -2.18. The lowest BCUT2D eigenvalue weighted by molar-refractivity contribution is 0.0484. The van der Waals surface area contributed by atoms with E-state index in [0.717, 1.165) is 6.42 Å². The average molecular weight is 259 g/mol. The Morgan fingerprint density at radius 1 is 1.29 bits per heavy atom. The summed E-state index contributed by atoms with van der Waals surface area (Å²) in [5.41, 5.74) is 0. The molecule has 3 nitrogen and oxygen atoms in total. The summed E-state index contributed by atoms with van der Waals surface area (Å²) in [4.78, 5) is 0. The third-order valence-electron chi connectivity index (χ3n) is 2.67. The average Bonchev–Trinajstić information content (AvgIpc) is 2.34. The van der Waals surface area contributed by atoms with Gasteiger partial charge in [-0.1, -0.05) is 18.5 Å². The fourth-order valence-corrected chi connectivity index (χ4v) is 1.50. The Balaban J connectivity index is 2.32. The molecule has 0 spiro atoms. The first kappa shape index (κ1) is 14.3. The van der Waals surface area contributed by atoms with Gasteiger partial charge in [-0.15, -0.1) is 0 Å². The van der Waals surface area contributed by atoms with Gasteiger partial charge in [0.05, 0.1) is 6.10 Å². The standard InChI is InChI=1S/C13H19ClO3/c1-10(7-8-16-2)13(15)9-17-12-5-3-11(14)4-6-12/h3-6,10,13,15H,7-9H2,1-2H3. The van der Waals surface area contributed by atoms with Gasteiger partial charge in [-0.3, -0.25) is 0 Å². The second-order valence-electron chi connectivity index (χ2n) is 4.09. The molecule has 96 valence electrons. The molecule has 0 amide bonds. The van der Waals surface area contributed by atoms with Crippen LogP contribution in [0.1, 0.15) is 13.3 Å². The van der Waals surface area contributed by atoms with Crippen LogP contribution in [0, 0.1) is 5.92 Å². The number of benzene rings is 1. The third kappa shape index (κ3) is 5.39. The zero-order valence-electron chi connectivity index (χ0n) is 10.2. The maximum atomic E-state index is 9.85. The number of aliphatic hydroxyl groups is 1. The van der Waals surface area contributed by atoms with Gasteiger partial charge in [-0.05, 0) is 36.6 Å². The molecular formula is C13H19ClO3. The van der Waals surface area contributed by atoms with E-state index in [2.05, 4.69) is 0 Å². The maximum absolute atomic E-state index is 9.85. The molecule has 2 unspecified atom stereocenters. The van der Waals surface area contributed by atoms with Gasteiger partial charge in [0.25, 0.3) is 0 Å². The third-order valence-corrected chi connectivity index (χ3v) is 2.92. The highest BCUT2D eigenvalue weighted by Gasteiger charge is 2.14. The minimum absolute atomic E-state index is 0.155. The van der Waals surface area contributed by atoms with E-state index < -0.39 is 6.10 Å². The van der Waals surface area contributed by atoms with Gasteiger partial charge in [-0.2, -0.15) is 0 Å². The summed E-state index contributed by atoms with van der Waals surface area (Å²) in [6.07, 6.45) is 0.336. The normalized spacial score (nSPS) is 14.4. The van der Waals surface area contributed by atoms with Crippen molar-refractivity contribution in [3.8, 4) is 5.75 Å². The van der Waals surface area contributed by atoms with E-state index in [9.17, 15) is 5.11 Å². The predicted octanol–water partition coefficient (Wildman–Crippen LogP) is 2.75. The molecule has 2 atom stereocenters. The molecule has 1 rings (SSSR count). The number of aliphatic hydroxyl groups excluding tert-OH is 1. The van der Waals surface area contributed by atoms with Gasteiger partial charge in [0.1, 0.15) is 12.4 Å². The minimum atomic E-state index is -0.485. The number of halogens is 1. The van der Waals surface area contributed by atoms with Crippen molar-refractivity contribution in [2.24, 2.45) is 5.92 Å². The van der Waals surface area contributed by atoms with Crippen LogP contribution in [0.4, 0.5) is 0 Å². The monoisotopic (exact) mass is 258 g/mol. The Bertz CT molecular complexity index is 313. The molecule has 0 fully saturated rings. The highest BCUT2D eigenvalue weighted by molar-refractivity contribution is 6.30. The first-order valence-electron chi connectivity index (χ1n) is 5.69. The lowest BCUT2D eigenvalue weighted by atomic mass is 10.0. The van der Waals surface area contributed by atoms with Crippen LogP contribution in [0.15, 0.2) is 24.3 Å². The fourth-order valence-electron chi connectivity index (χ4n) is 1.37. The zero-order valence-corrected chi connectivity index (χ0v) is 11.0. The molecule has 0 aliphatic rings. The van der Waals surface area contributed by atoms with Crippen LogP contribution in [0.5, 0.6) is 5.75 Å². The lowest BCUT2D eigenvalue weighted by Crippen LogP contribution is -2.26. The number of methoxy groups -OCH3 is 1. The minimum Gasteiger partial charge on any atom is -0.491 e. The fraction of sp³-hybridized carbons (Fsp3) is 0.538. The van der Waals surface area contributed by atoms with Crippen LogP contribution >= 0.6 is 11.6 Å². The quantitative estimate of drug-likeness (QED) is 0.817. The van der Waals surface area contributed by atoms with Gasteiger partial charge >= 0.3 is 0 Å². The molecule has 4 heteroatoms. The summed E-state index contributed by atoms with van der Waals surface area (Å²) < 4.78 is 10.4. The van der Waals surface area contributed by atoms with E-state index in [4.69, 9.17) is 21.1 Å². The van der Waals surface area contributed by atoms with E-state index >= 15 is 0 Å². The molecule has 1 aromatic rings. The number of rotatable bonds is 7. The molecule has 0 radical (unpaired) electrons. The summed E-state index contributed by atoms with van der Waals surface area (Å²) in [5, 5.41) is 10.5. The molecule has 0 aromatic heterocycles. The summed E-state index contributed by atoms with van der Waals surface area (Å²) in [7, 11) is 1.66. The Morgan fingerprint density at radius 2 is 1.94 bits per heavy atom. The summed E-state index contributed by atoms with van der Waals surface area (Å²) in [6.45, 7) is 2.92. The van der Waals surface area contributed by atoms with E-state index in [-0.39, 0.29) is 12.5 Å². The first-order valence-corrected chi connectivity index (χ1v) is 6.06. The smallest absolute Gasteiger partial charge is 0.119 e. The molecule has 1 N–H and O–H groups in total. The van der Waals surface area contributed by atoms with Crippen molar-refractivity contribution in [1.29, 1.82) is 0 Å². The van der Waals surface area contributed by atoms with Crippen molar-refractivity contribution in [3.05, 3.63) is 29.3 Å². The Morgan fingerprint density at radius 3 is 2.53 bits per heavy atom. The second kappa shape index (κ2) is 7.54. The van der Waals surface area contributed by atoms with Crippen molar-refractivity contribution < 1.29 is 14.6 Å². The maximum Gasteiger partial charge on any atom is 0.119 e. The zero-order chi connectivity index (χ0) is 12.7. The van der Waals surface area contributed by atoms with Crippen molar-refractivity contribution in [2.45, 2.75) is 19.4 Å². The van der Waals surface area contributed by atoms with E-state index in [0.29, 0.717) is 17.4 Å². The van der Waals surface area contributed by atoms with Crippen molar-refractivity contribution in [1.82, 2.24) is 0 Å². The Kier molecular flexibility index (Phi) is 6.34. The summed E-state index contributed by atoms with van der Waals surface area (Å²) >= 11 is 5.76. The van der Waals surface area contributed by atoms with Crippen LogP contribution in [0.2, 0.25) is 5.02 Å². The second-order valence-corrected chi connectivity index (χ2v) is 4.53. The molecule has 0 heterocycles. The van der Waals surface area contributed by atoms with Crippen LogP contribution in [-0.4, -0.2) is 31.5 Å². The van der Waals surface area contributed by atoms with E-state index in [1.165, 1.54) is 0 Å². The van der Waals surface area contributed by atoms with Gasteiger partial charge < -0.3 is 14.6 Å². The topological polar surface area (TPSA) is 38.7 Å². The Labute approximate surface area is 107 Å². The highest BCUT2D eigenvalue weighted by atomic mass is 35.5. The molecule has 0 bridgehead atoms. The molecule has 17 heavy (non-hydrogen) atoms. The molecule has 0 saturated carbocycles. The SMILES string of the molecule is COCCC(C)C(O)COc1ccc(Cl)cc1. The van der Waals surface area contributed by atoms with E-state index in [1.807, 2.05) is 6.92 Å². The molecule has 1 aromatic carbocycles. The van der Waals surface area contributed by atoms with E-state index in [1.54, 1.807) is 31.4 Å². The highest BCUT2D eigenvalue weighted by Crippen LogP contribution is 2.17. The van der Waals surface area contributed by atoms with Crippen molar-refractivity contribution >= 4 is 11.6 Å². The Hall–Kier alpha value is -0.770. The molecule has 0 aliphatic carbocycles. The number of hydrogen-bond donors (Lipinski definition) is 1. The number of ether oxygens (including phenoxy) is 2. The van der Waals surface area contributed by atoms with Crippen molar-refractivity contribution in [3.63, 3.8) is 0 Å². The van der Waals surface area contributed by atoms with Crippen LogP contribution < -0.4 is 4.74 Å². The van der Waals surface area contributed by atoms with Crippen LogP contribution in [-0.2, 0) is 4.74 Å². The molecule has 0 saturated heterocycles. The molecular weight excluding hydrogens is 240 g/mol. The summed E-state index contributed by atoms with van der Waals surface area (Å²) in [6, 6.07) is 7.10. The van der Waals surface area contributed by atoms with Gasteiger partial charge in [0.2, 0.25) is 0 Å². The van der Waals surface area contributed by atoms with Gasteiger partial charge in [0.15, 0.2) is 0 Å². The van der Waals surface area contributed by atoms with Gasteiger partial charge in [0, 0.05) is 18.7 Å². The van der Waals surface area contributed by atoms with Crippen LogP contribution in [0.25, 0.3) is 0 Å². The number of hydrogen-bond acceptors (Lipinski definition) is 3.